The van der Waals surface area contributed by atoms with E-state index in [9.17, 15) is 4.79 Å². The first kappa shape index (κ1) is 15.1. The van der Waals surface area contributed by atoms with Gasteiger partial charge in [0.1, 0.15) is 0 Å². The van der Waals surface area contributed by atoms with Crippen LogP contribution in [0.15, 0.2) is 24.3 Å². The van der Waals surface area contributed by atoms with Crippen LogP contribution in [0, 0.1) is 0 Å². The monoisotopic (exact) mass is 290 g/mol. The normalized spacial score (nSPS) is 12.3. The number of tetrazole rings is 1. The number of nitrogens with zero attached hydrogens (tertiary/aromatic N) is 4. The first-order valence-corrected chi connectivity index (χ1v) is 6.74. The van der Waals surface area contributed by atoms with Crippen molar-refractivity contribution in [2.24, 2.45) is 0 Å². The number of aromatic nitrogens is 4. The Balaban J connectivity index is 2.18. The number of rotatable bonds is 7. The summed E-state index contributed by atoms with van der Waals surface area (Å²) in [4.78, 5) is 10.8. The number of carbonyl (C=O) groups is 1. The van der Waals surface area contributed by atoms with E-state index in [1.165, 1.54) is 12.7 Å². The molecule has 0 aliphatic rings. The fourth-order valence-electron chi connectivity index (χ4n) is 2.03. The molecule has 0 bridgehead atoms. The summed E-state index contributed by atoms with van der Waals surface area (Å²) < 4.78 is 6.73. The fraction of sp³-hybridized carbons (Fsp3) is 0.429. The molecular formula is C14H18N4O3. The summed E-state index contributed by atoms with van der Waals surface area (Å²) in [6.07, 6.45) is 0.403. The van der Waals surface area contributed by atoms with Crippen LogP contribution in [0.3, 0.4) is 0 Å². The first-order chi connectivity index (χ1) is 10.1. The molecule has 0 fully saturated rings. The molecule has 112 valence electrons. The van der Waals surface area contributed by atoms with Crippen LogP contribution < -0.4 is 0 Å². The molecule has 0 saturated heterocycles. The molecule has 1 aromatic heterocycles. The molecule has 0 aliphatic heterocycles. The maximum Gasteiger partial charge on any atom is 0.306 e. The van der Waals surface area contributed by atoms with E-state index in [0.29, 0.717) is 12.4 Å². The Hall–Kier alpha value is -2.28. The summed E-state index contributed by atoms with van der Waals surface area (Å²) in [7, 11) is 1.48. The molecule has 1 heterocycles. The molecule has 7 heteroatoms. The zero-order valence-corrected chi connectivity index (χ0v) is 12.1. The number of methoxy groups -OCH3 is 1. The molecule has 7 nitrogen and oxygen atoms in total. The molecule has 0 amide bonds. The topological polar surface area (TPSA) is 90.1 Å². The second-order valence-corrected chi connectivity index (χ2v) is 4.69. The number of hydrogen-bond acceptors (Lipinski definition) is 5. The third-order valence-corrected chi connectivity index (χ3v) is 3.26. The lowest BCUT2D eigenvalue weighted by Gasteiger charge is -2.13. The highest BCUT2D eigenvalue weighted by Crippen LogP contribution is 2.17. The molecule has 0 aliphatic carbocycles. The lowest BCUT2D eigenvalue weighted by Crippen LogP contribution is -2.23. The zero-order valence-electron chi connectivity index (χ0n) is 12.1. The quantitative estimate of drug-likeness (QED) is 0.828. The zero-order chi connectivity index (χ0) is 15.2. The summed E-state index contributed by atoms with van der Waals surface area (Å²) in [5.74, 6) is -0.311. The van der Waals surface area contributed by atoms with E-state index in [0.717, 1.165) is 12.0 Å². The average molecular weight is 290 g/mol. The SMILES string of the molecule is CCc1ccc(-c2nnnn2CC(CC(=O)O)OC)cc1. The van der Waals surface area contributed by atoms with Gasteiger partial charge in [0.2, 0.25) is 0 Å². The number of hydrogen-bond donors (Lipinski definition) is 1. The van der Waals surface area contributed by atoms with Gasteiger partial charge in [-0.05, 0) is 22.4 Å². The van der Waals surface area contributed by atoms with E-state index < -0.39 is 12.1 Å². The van der Waals surface area contributed by atoms with Crippen LogP contribution in [0.4, 0.5) is 0 Å². The third kappa shape index (κ3) is 3.85. The standard InChI is InChI=1S/C14H18N4O3/c1-3-10-4-6-11(7-5-10)14-15-16-17-18(14)9-12(21-2)8-13(19)20/h4-7,12H,3,8-9H2,1-2H3,(H,19,20). The predicted molar refractivity (Wildman–Crippen MR) is 75.7 cm³/mol. The average Bonchev–Trinajstić information content (AvgIpc) is 2.94. The van der Waals surface area contributed by atoms with Gasteiger partial charge in [0.05, 0.1) is 19.1 Å². The molecular weight excluding hydrogens is 272 g/mol. The summed E-state index contributed by atoms with van der Waals surface area (Å²) in [6.45, 7) is 2.38. The van der Waals surface area contributed by atoms with Crippen LogP contribution in [0.1, 0.15) is 18.9 Å². The van der Waals surface area contributed by atoms with Gasteiger partial charge in [-0.25, -0.2) is 4.68 Å². The van der Waals surface area contributed by atoms with Crippen molar-refractivity contribution in [3.63, 3.8) is 0 Å². The van der Waals surface area contributed by atoms with Crippen molar-refractivity contribution >= 4 is 5.97 Å². The molecule has 1 aromatic carbocycles. The minimum Gasteiger partial charge on any atom is -0.481 e. The van der Waals surface area contributed by atoms with Crippen molar-refractivity contribution in [1.29, 1.82) is 0 Å². The van der Waals surface area contributed by atoms with E-state index >= 15 is 0 Å². The number of aryl methyl sites for hydroxylation is 1. The Morgan fingerprint density at radius 2 is 2.10 bits per heavy atom. The molecule has 0 saturated carbocycles. The van der Waals surface area contributed by atoms with Crippen LogP contribution in [-0.4, -0.2) is 44.5 Å². The molecule has 1 N–H and O–H groups in total. The van der Waals surface area contributed by atoms with Crippen molar-refractivity contribution in [3.05, 3.63) is 29.8 Å². The van der Waals surface area contributed by atoms with Gasteiger partial charge in [0.25, 0.3) is 0 Å². The Kier molecular flexibility index (Phi) is 4.99. The van der Waals surface area contributed by atoms with E-state index in [1.807, 2.05) is 24.3 Å². The van der Waals surface area contributed by atoms with Crippen LogP contribution in [-0.2, 0) is 22.5 Å². The Labute approximate surface area is 122 Å². The highest BCUT2D eigenvalue weighted by Gasteiger charge is 2.17. The van der Waals surface area contributed by atoms with Gasteiger partial charge >= 0.3 is 5.97 Å². The molecule has 0 radical (unpaired) electrons. The number of carboxylic acids is 1. The Bertz CT molecular complexity index is 595. The van der Waals surface area contributed by atoms with Crippen LogP contribution in [0.25, 0.3) is 11.4 Å². The molecule has 2 rings (SSSR count). The van der Waals surface area contributed by atoms with E-state index in [1.54, 1.807) is 4.68 Å². The second-order valence-electron chi connectivity index (χ2n) is 4.69. The molecule has 0 spiro atoms. The van der Waals surface area contributed by atoms with Crippen molar-refractivity contribution in [3.8, 4) is 11.4 Å². The van der Waals surface area contributed by atoms with E-state index in [2.05, 4.69) is 22.4 Å². The summed E-state index contributed by atoms with van der Waals surface area (Å²) in [5, 5.41) is 20.4. The molecule has 1 unspecified atom stereocenters. The van der Waals surface area contributed by atoms with Gasteiger partial charge in [-0.1, -0.05) is 31.2 Å². The summed E-state index contributed by atoms with van der Waals surface area (Å²) in [6, 6.07) is 7.97. The second kappa shape index (κ2) is 6.94. The maximum absolute atomic E-state index is 10.8. The Morgan fingerprint density at radius 1 is 1.38 bits per heavy atom. The van der Waals surface area contributed by atoms with Crippen LogP contribution in [0.5, 0.6) is 0 Å². The molecule has 21 heavy (non-hydrogen) atoms. The van der Waals surface area contributed by atoms with Gasteiger partial charge in [-0.15, -0.1) is 5.10 Å². The third-order valence-electron chi connectivity index (χ3n) is 3.26. The van der Waals surface area contributed by atoms with Crippen LogP contribution in [0.2, 0.25) is 0 Å². The number of carboxylic acid groups (broad SMARTS) is 1. The van der Waals surface area contributed by atoms with Gasteiger partial charge < -0.3 is 9.84 Å². The largest absolute Gasteiger partial charge is 0.481 e. The Morgan fingerprint density at radius 3 is 2.67 bits per heavy atom. The fourth-order valence-corrected chi connectivity index (χ4v) is 2.03. The summed E-state index contributed by atoms with van der Waals surface area (Å²) in [5.41, 5.74) is 2.13. The first-order valence-electron chi connectivity index (χ1n) is 6.74. The van der Waals surface area contributed by atoms with Crippen molar-refractivity contribution in [1.82, 2.24) is 20.2 Å². The predicted octanol–water partition coefficient (Wildman–Crippen LogP) is 1.39. The lowest BCUT2D eigenvalue weighted by atomic mass is 10.1. The minimum absolute atomic E-state index is 0.0927. The molecule has 1 atom stereocenters. The smallest absolute Gasteiger partial charge is 0.306 e. The van der Waals surface area contributed by atoms with E-state index in [4.69, 9.17) is 9.84 Å². The highest BCUT2D eigenvalue weighted by atomic mass is 16.5. The minimum atomic E-state index is -0.913. The number of aliphatic carboxylic acids is 1. The van der Waals surface area contributed by atoms with Gasteiger partial charge in [0.15, 0.2) is 5.82 Å². The van der Waals surface area contributed by atoms with Gasteiger partial charge in [-0.2, -0.15) is 0 Å². The van der Waals surface area contributed by atoms with Crippen molar-refractivity contribution in [2.45, 2.75) is 32.4 Å². The highest BCUT2D eigenvalue weighted by molar-refractivity contribution is 5.67. The number of ether oxygens (including phenoxy) is 1. The maximum atomic E-state index is 10.8. The van der Waals surface area contributed by atoms with E-state index in [-0.39, 0.29) is 6.42 Å². The van der Waals surface area contributed by atoms with Crippen molar-refractivity contribution < 1.29 is 14.6 Å². The van der Waals surface area contributed by atoms with Crippen LogP contribution >= 0.6 is 0 Å². The van der Waals surface area contributed by atoms with Crippen molar-refractivity contribution in [2.75, 3.05) is 7.11 Å². The lowest BCUT2D eigenvalue weighted by molar-refractivity contribution is -0.139. The van der Waals surface area contributed by atoms with Gasteiger partial charge in [-0.3, -0.25) is 4.79 Å². The summed E-state index contributed by atoms with van der Waals surface area (Å²) >= 11 is 0. The molecule has 2 aromatic rings. The van der Waals surface area contributed by atoms with Gasteiger partial charge in [0, 0.05) is 12.7 Å². The number of benzene rings is 1.